The molecule has 2 aromatic rings. The third-order valence-electron chi connectivity index (χ3n) is 5.65. The number of amides is 1. The van der Waals surface area contributed by atoms with Crippen molar-refractivity contribution >= 4 is 29.2 Å². The molecule has 0 bridgehead atoms. The molecule has 1 amide bonds. The summed E-state index contributed by atoms with van der Waals surface area (Å²) in [4.78, 5) is 42.2. The van der Waals surface area contributed by atoms with E-state index in [9.17, 15) is 31.1 Å². The second kappa shape index (κ2) is 12.6. The van der Waals surface area contributed by atoms with Crippen LogP contribution in [0.25, 0.3) is 0 Å². The fourth-order valence-electron chi connectivity index (χ4n) is 4.04. The van der Waals surface area contributed by atoms with Crippen LogP contribution >= 0.6 is 11.3 Å². The van der Waals surface area contributed by atoms with E-state index in [-0.39, 0.29) is 5.91 Å². The number of alkyl halides is 6. The molecule has 8 nitrogen and oxygen atoms in total. The molecular weight excluding hydrogens is 544 g/mol. The second-order valence-electron chi connectivity index (χ2n) is 8.51. The SMILES string of the molecule is Cc1cccc(CN2C(=O)C[C@@H]3[C@@H]2CCN3Cc2ccc(C)s2)n1.O=C(O)C(F)(F)F.O=C(O)C(F)(F)F. The van der Waals surface area contributed by atoms with Crippen LogP contribution in [0.3, 0.4) is 0 Å². The van der Waals surface area contributed by atoms with Gasteiger partial charge in [0, 0.05) is 47.0 Å². The van der Waals surface area contributed by atoms with E-state index in [1.54, 1.807) is 0 Å². The second-order valence-corrected chi connectivity index (χ2v) is 9.88. The molecule has 2 aliphatic heterocycles. The van der Waals surface area contributed by atoms with E-state index >= 15 is 0 Å². The number of nitrogens with zero attached hydrogens (tertiary/aromatic N) is 3. The highest BCUT2D eigenvalue weighted by atomic mass is 32.1. The van der Waals surface area contributed by atoms with Gasteiger partial charge < -0.3 is 15.1 Å². The van der Waals surface area contributed by atoms with Gasteiger partial charge in [-0.1, -0.05) is 6.07 Å². The Morgan fingerprint density at radius 1 is 0.974 bits per heavy atom. The number of likely N-dealkylation sites (tertiary alicyclic amines) is 2. The van der Waals surface area contributed by atoms with Crippen LogP contribution in [-0.2, 0) is 27.5 Å². The Kier molecular flexibility index (Phi) is 10.3. The fourth-order valence-corrected chi connectivity index (χ4v) is 4.96. The molecule has 2 aromatic heterocycles. The summed E-state index contributed by atoms with van der Waals surface area (Å²) in [6, 6.07) is 11.2. The van der Waals surface area contributed by atoms with Crippen molar-refractivity contribution in [1.82, 2.24) is 14.8 Å². The Balaban J connectivity index is 0.000000301. The maximum absolute atomic E-state index is 12.6. The van der Waals surface area contributed by atoms with Gasteiger partial charge in [-0.15, -0.1) is 11.3 Å². The smallest absolute Gasteiger partial charge is 0.475 e. The van der Waals surface area contributed by atoms with Gasteiger partial charge in [-0.3, -0.25) is 14.7 Å². The zero-order chi connectivity index (χ0) is 28.8. The summed E-state index contributed by atoms with van der Waals surface area (Å²) in [7, 11) is 0. The molecule has 0 aromatic carbocycles. The average Bonchev–Trinajstić information content (AvgIpc) is 3.45. The largest absolute Gasteiger partial charge is 0.490 e. The molecule has 210 valence electrons. The number of carbonyl (C=O) groups excluding carboxylic acids is 1. The van der Waals surface area contributed by atoms with Crippen molar-refractivity contribution in [2.45, 2.75) is 64.2 Å². The van der Waals surface area contributed by atoms with E-state index in [0.717, 1.165) is 30.9 Å². The van der Waals surface area contributed by atoms with Crippen LogP contribution in [-0.4, -0.2) is 73.8 Å². The number of pyridine rings is 1. The van der Waals surface area contributed by atoms with E-state index < -0.39 is 24.3 Å². The number of hydrogen-bond donors (Lipinski definition) is 2. The molecule has 4 heterocycles. The molecule has 0 saturated carbocycles. The van der Waals surface area contributed by atoms with Crippen molar-refractivity contribution in [3.05, 3.63) is 51.5 Å². The molecular formula is C23H25F6N3O5S. The Morgan fingerprint density at radius 3 is 2.03 bits per heavy atom. The number of fused-ring (bicyclic) bond motifs is 1. The van der Waals surface area contributed by atoms with E-state index in [4.69, 9.17) is 19.8 Å². The summed E-state index contributed by atoms with van der Waals surface area (Å²) in [6.07, 6.45) is -8.44. The summed E-state index contributed by atoms with van der Waals surface area (Å²) in [6.45, 7) is 6.85. The van der Waals surface area contributed by atoms with Gasteiger partial charge >= 0.3 is 24.3 Å². The maximum atomic E-state index is 12.6. The molecule has 2 aliphatic rings. The van der Waals surface area contributed by atoms with Crippen LogP contribution < -0.4 is 0 Å². The predicted molar refractivity (Wildman–Crippen MR) is 123 cm³/mol. The first-order valence-corrected chi connectivity index (χ1v) is 11.9. The Bertz CT molecular complexity index is 1110. The zero-order valence-electron chi connectivity index (χ0n) is 20.2. The first-order valence-electron chi connectivity index (χ1n) is 11.1. The van der Waals surface area contributed by atoms with Crippen LogP contribution in [0.4, 0.5) is 26.3 Å². The Morgan fingerprint density at radius 2 is 1.55 bits per heavy atom. The van der Waals surface area contributed by atoms with Gasteiger partial charge in [0.2, 0.25) is 5.91 Å². The minimum atomic E-state index is -5.08. The molecule has 2 N–H and O–H groups in total. The molecule has 0 radical (unpaired) electrons. The fraction of sp³-hybridized carbons (Fsp3) is 0.478. The number of carboxylic acids is 2. The monoisotopic (exact) mass is 569 g/mol. The highest BCUT2D eigenvalue weighted by molar-refractivity contribution is 7.11. The number of rotatable bonds is 4. The molecule has 15 heteroatoms. The molecule has 0 unspecified atom stereocenters. The lowest BCUT2D eigenvalue weighted by Crippen LogP contribution is -2.36. The van der Waals surface area contributed by atoms with Crippen LogP contribution in [0.5, 0.6) is 0 Å². The van der Waals surface area contributed by atoms with E-state index in [1.165, 1.54) is 9.75 Å². The standard InChI is InChI=1S/C19H23N3OS.2C2HF3O2/c1-13-4-3-5-15(20-13)11-22-17-8-9-21(18(17)10-19(22)23)12-16-7-6-14(2)24-16;2*3-2(4,5)1(6)7/h3-7,17-18H,8-12H2,1-2H3;2*(H,6,7)/t17-,18+;;/m0../s1. The number of aliphatic carboxylic acids is 2. The van der Waals surface area contributed by atoms with Crippen molar-refractivity contribution < 1.29 is 50.9 Å². The van der Waals surface area contributed by atoms with Gasteiger partial charge in [-0.2, -0.15) is 26.3 Å². The third kappa shape index (κ3) is 8.97. The van der Waals surface area contributed by atoms with Gasteiger partial charge in [0.05, 0.1) is 12.2 Å². The van der Waals surface area contributed by atoms with Crippen molar-refractivity contribution in [3.63, 3.8) is 0 Å². The lowest BCUT2D eigenvalue weighted by atomic mass is 10.1. The van der Waals surface area contributed by atoms with Crippen molar-refractivity contribution in [2.75, 3.05) is 6.54 Å². The normalized spacial score (nSPS) is 19.3. The summed E-state index contributed by atoms with van der Waals surface area (Å²) in [5.74, 6) is -5.24. The number of hydrogen-bond acceptors (Lipinski definition) is 6. The summed E-state index contributed by atoms with van der Waals surface area (Å²) < 4.78 is 63.5. The topological polar surface area (TPSA) is 111 Å². The van der Waals surface area contributed by atoms with Crippen LogP contribution in [0.15, 0.2) is 30.3 Å². The van der Waals surface area contributed by atoms with Gasteiger partial charge in [0.1, 0.15) is 0 Å². The minimum Gasteiger partial charge on any atom is -0.475 e. The number of aryl methyl sites for hydroxylation is 2. The third-order valence-corrected chi connectivity index (χ3v) is 6.63. The summed E-state index contributed by atoms with van der Waals surface area (Å²) in [5, 5.41) is 14.2. The van der Waals surface area contributed by atoms with E-state index in [2.05, 4.69) is 33.8 Å². The summed E-state index contributed by atoms with van der Waals surface area (Å²) in [5.41, 5.74) is 2.01. The van der Waals surface area contributed by atoms with Gasteiger partial charge in [-0.25, -0.2) is 9.59 Å². The van der Waals surface area contributed by atoms with Crippen LogP contribution in [0, 0.1) is 13.8 Å². The van der Waals surface area contributed by atoms with Crippen LogP contribution in [0.2, 0.25) is 0 Å². The first kappa shape index (κ1) is 31.0. The Labute approximate surface area is 217 Å². The molecule has 2 atom stereocenters. The lowest BCUT2D eigenvalue weighted by molar-refractivity contribution is -0.193. The maximum Gasteiger partial charge on any atom is 0.490 e. The lowest BCUT2D eigenvalue weighted by Gasteiger charge is -2.25. The summed E-state index contributed by atoms with van der Waals surface area (Å²) >= 11 is 1.86. The van der Waals surface area contributed by atoms with Gasteiger partial charge in [0.25, 0.3) is 0 Å². The number of thiophene rings is 1. The molecule has 0 spiro atoms. The molecule has 2 saturated heterocycles. The Hall–Kier alpha value is -3.20. The molecule has 0 aliphatic carbocycles. The number of halogens is 6. The van der Waals surface area contributed by atoms with Crippen LogP contribution in [0.1, 0.15) is 34.0 Å². The highest BCUT2D eigenvalue weighted by Crippen LogP contribution is 2.35. The quantitative estimate of drug-likeness (QED) is 0.525. The van der Waals surface area contributed by atoms with Crippen molar-refractivity contribution in [3.8, 4) is 0 Å². The molecule has 2 fully saturated rings. The zero-order valence-corrected chi connectivity index (χ0v) is 21.0. The van der Waals surface area contributed by atoms with Gasteiger partial charge in [0.15, 0.2) is 0 Å². The van der Waals surface area contributed by atoms with Gasteiger partial charge in [-0.05, 0) is 44.5 Å². The number of carboxylic acid groups (broad SMARTS) is 2. The van der Waals surface area contributed by atoms with Crippen molar-refractivity contribution in [2.24, 2.45) is 0 Å². The average molecular weight is 570 g/mol. The molecule has 38 heavy (non-hydrogen) atoms. The van der Waals surface area contributed by atoms with Crippen molar-refractivity contribution in [1.29, 1.82) is 0 Å². The van der Waals surface area contributed by atoms with E-state index in [0.29, 0.717) is 25.0 Å². The predicted octanol–water partition coefficient (Wildman–Crippen LogP) is 4.40. The molecule has 4 rings (SSSR count). The number of aromatic nitrogens is 1. The van der Waals surface area contributed by atoms with E-state index in [1.807, 2.05) is 36.5 Å². The highest BCUT2D eigenvalue weighted by Gasteiger charge is 2.46. The minimum absolute atomic E-state index is 0.278. The number of carbonyl (C=O) groups is 3. The first-order chi connectivity index (χ1) is 17.5.